The zero-order chi connectivity index (χ0) is 23.8. The van der Waals surface area contributed by atoms with Gasteiger partial charge in [-0.2, -0.15) is 0 Å². The van der Waals surface area contributed by atoms with Crippen LogP contribution in [0.4, 0.5) is 4.39 Å². The highest BCUT2D eigenvalue weighted by atomic mass is 32.1. The minimum atomic E-state index is -0.655. The van der Waals surface area contributed by atoms with Crippen molar-refractivity contribution in [2.45, 2.75) is 45.7 Å². The molecule has 33 heavy (non-hydrogen) atoms. The van der Waals surface area contributed by atoms with E-state index in [0.717, 1.165) is 23.1 Å². The van der Waals surface area contributed by atoms with E-state index in [4.69, 9.17) is 0 Å². The molecular formula is C27H29FN2O2S. The fourth-order valence-electron chi connectivity index (χ4n) is 4.31. The maximum absolute atomic E-state index is 14.4. The minimum absolute atomic E-state index is 0.0194. The summed E-state index contributed by atoms with van der Waals surface area (Å²) >= 11 is 1.72. The third-order valence-electron chi connectivity index (χ3n) is 6.13. The van der Waals surface area contributed by atoms with Gasteiger partial charge in [0, 0.05) is 17.0 Å². The van der Waals surface area contributed by atoms with E-state index >= 15 is 0 Å². The van der Waals surface area contributed by atoms with Crippen molar-refractivity contribution in [3.05, 3.63) is 92.9 Å². The molecule has 0 N–H and O–H groups in total. The van der Waals surface area contributed by atoms with Crippen LogP contribution in [0.3, 0.4) is 0 Å². The number of nitrogens with zero attached hydrogens (tertiary/aromatic N) is 2. The molecule has 0 fully saturated rings. The van der Waals surface area contributed by atoms with E-state index in [1.54, 1.807) is 23.5 Å². The number of benzene rings is 2. The topological polar surface area (TPSA) is 40.6 Å². The molecule has 4 rings (SSSR count). The van der Waals surface area contributed by atoms with Gasteiger partial charge in [-0.1, -0.05) is 42.0 Å². The minimum Gasteiger partial charge on any atom is -0.330 e. The second-order valence-corrected chi connectivity index (χ2v) is 10.5. The lowest BCUT2D eigenvalue weighted by Gasteiger charge is -2.40. The van der Waals surface area contributed by atoms with Crippen molar-refractivity contribution < 1.29 is 14.0 Å². The molecule has 2 aromatic carbocycles. The van der Waals surface area contributed by atoms with Gasteiger partial charge in [-0.15, -0.1) is 11.3 Å². The molecule has 0 aliphatic carbocycles. The van der Waals surface area contributed by atoms with Crippen molar-refractivity contribution >= 4 is 23.2 Å². The number of carbonyl (C=O) groups is 2. The highest BCUT2D eigenvalue weighted by Gasteiger charge is 2.36. The SMILES string of the molecule is Cc1ccc(C2c3ccsc3CCN2C(=O)CN(C(=O)c2ccccc2F)C(C)(C)C)cc1. The van der Waals surface area contributed by atoms with Gasteiger partial charge in [0.25, 0.3) is 5.91 Å². The highest BCUT2D eigenvalue weighted by molar-refractivity contribution is 7.10. The molecule has 0 saturated heterocycles. The summed E-state index contributed by atoms with van der Waals surface area (Å²) in [6, 6.07) is 16.1. The lowest BCUT2D eigenvalue weighted by Crippen LogP contribution is -2.52. The van der Waals surface area contributed by atoms with E-state index in [1.807, 2.05) is 32.6 Å². The lowest BCUT2D eigenvalue weighted by molar-refractivity contribution is -0.135. The molecular weight excluding hydrogens is 435 g/mol. The standard InChI is InChI=1S/C27H29FN2O2S/c1-18-9-11-19(12-10-18)25-21-14-16-33-23(21)13-15-29(25)24(31)17-30(27(2,3)4)26(32)20-7-5-6-8-22(20)28/h5-12,14,16,25H,13,15,17H2,1-4H3. The van der Waals surface area contributed by atoms with E-state index in [9.17, 15) is 14.0 Å². The van der Waals surface area contributed by atoms with Crippen molar-refractivity contribution in [2.75, 3.05) is 13.1 Å². The molecule has 1 aliphatic heterocycles. The highest BCUT2D eigenvalue weighted by Crippen LogP contribution is 2.38. The number of thiophene rings is 1. The summed E-state index contributed by atoms with van der Waals surface area (Å²) in [5.41, 5.74) is 2.68. The predicted octanol–water partition coefficient (Wildman–Crippen LogP) is 5.61. The summed E-state index contributed by atoms with van der Waals surface area (Å²) in [6.45, 7) is 8.10. The van der Waals surface area contributed by atoms with Gasteiger partial charge in [0.15, 0.2) is 0 Å². The summed E-state index contributed by atoms with van der Waals surface area (Å²) in [5.74, 6) is -1.20. The number of fused-ring (bicyclic) bond motifs is 1. The van der Waals surface area contributed by atoms with E-state index in [0.29, 0.717) is 6.54 Å². The van der Waals surface area contributed by atoms with Gasteiger partial charge >= 0.3 is 0 Å². The Labute approximate surface area is 198 Å². The Morgan fingerprint density at radius 3 is 2.45 bits per heavy atom. The fourth-order valence-corrected chi connectivity index (χ4v) is 5.22. The maximum Gasteiger partial charge on any atom is 0.257 e. The molecule has 0 spiro atoms. The van der Waals surface area contributed by atoms with Crippen LogP contribution in [0.15, 0.2) is 60.0 Å². The number of halogens is 1. The zero-order valence-electron chi connectivity index (χ0n) is 19.5. The molecule has 1 aromatic heterocycles. The average molecular weight is 465 g/mol. The Morgan fingerprint density at radius 1 is 1.09 bits per heavy atom. The van der Waals surface area contributed by atoms with Gasteiger partial charge in [0.1, 0.15) is 12.4 Å². The molecule has 0 saturated carbocycles. The number of amides is 2. The fraction of sp³-hybridized carbons (Fsp3) is 0.333. The zero-order valence-corrected chi connectivity index (χ0v) is 20.3. The van der Waals surface area contributed by atoms with E-state index in [-0.39, 0.29) is 24.1 Å². The summed E-state index contributed by atoms with van der Waals surface area (Å²) in [5, 5.41) is 2.07. The third kappa shape index (κ3) is 4.71. The van der Waals surface area contributed by atoms with Crippen LogP contribution >= 0.6 is 11.3 Å². The number of carbonyl (C=O) groups excluding carboxylic acids is 2. The summed E-state index contributed by atoms with van der Waals surface area (Å²) < 4.78 is 14.4. The summed E-state index contributed by atoms with van der Waals surface area (Å²) in [6.07, 6.45) is 0.790. The van der Waals surface area contributed by atoms with E-state index in [1.165, 1.54) is 21.9 Å². The van der Waals surface area contributed by atoms with Gasteiger partial charge in [0.05, 0.1) is 11.6 Å². The number of hydrogen-bond acceptors (Lipinski definition) is 3. The average Bonchev–Trinajstić information content (AvgIpc) is 3.25. The van der Waals surface area contributed by atoms with Crippen LogP contribution in [0.2, 0.25) is 0 Å². The second kappa shape index (κ2) is 9.10. The maximum atomic E-state index is 14.4. The second-order valence-electron chi connectivity index (χ2n) is 9.49. The molecule has 3 aromatic rings. The Kier molecular flexibility index (Phi) is 6.39. The normalized spacial score (nSPS) is 15.8. The largest absolute Gasteiger partial charge is 0.330 e. The number of rotatable bonds is 4. The van der Waals surface area contributed by atoms with Crippen LogP contribution in [-0.4, -0.2) is 40.2 Å². The van der Waals surface area contributed by atoms with Gasteiger partial charge < -0.3 is 9.80 Å². The molecule has 1 atom stereocenters. The van der Waals surface area contributed by atoms with E-state index < -0.39 is 17.3 Å². The Morgan fingerprint density at radius 2 is 1.79 bits per heavy atom. The Balaban J connectivity index is 1.66. The van der Waals surface area contributed by atoms with E-state index in [2.05, 4.69) is 35.7 Å². The first-order chi connectivity index (χ1) is 15.7. The Hall–Kier alpha value is -2.99. The summed E-state index contributed by atoms with van der Waals surface area (Å²) in [4.78, 5) is 31.6. The molecule has 2 amide bonds. The Bertz CT molecular complexity index is 1160. The predicted molar refractivity (Wildman–Crippen MR) is 130 cm³/mol. The van der Waals surface area contributed by atoms with Crippen molar-refractivity contribution in [3.63, 3.8) is 0 Å². The van der Waals surface area contributed by atoms with Crippen LogP contribution in [0.25, 0.3) is 0 Å². The van der Waals surface area contributed by atoms with Gasteiger partial charge in [-0.3, -0.25) is 9.59 Å². The van der Waals surface area contributed by atoms with Gasteiger partial charge in [-0.25, -0.2) is 4.39 Å². The molecule has 172 valence electrons. The van der Waals surface area contributed by atoms with Crippen molar-refractivity contribution in [3.8, 4) is 0 Å². The quantitative estimate of drug-likeness (QED) is 0.504. The summed E-state index contributed by atoms with van der Waals surface area (Å²) in [7, 11) is 0. The molecule has 1 aliphatic rings. The smallest absolute Gasteiger partial charge is 0.257 e. The third-order valence-corrected chi connectivity index (χ3v) is 7.13. The van der Waals surface area contributed by atoms with Gasteiger partial charge in [-0.05, 0) is 68.8 Å². The van der Waals surface area contributed by atoms with Crippen LogP contribution in [-0.2, 0) is 11.2 Å². The first-order valence-electron chi connectivity index (χ1n) is 11.2. The molecule has 1 unspecified atom stereocenters. The molecule has 2 heterocycles. The number of aryl methyl sites for hydroxylation is 1. The van der Waals surface area contributed by atoms with Gasteiger partial charge in [0.2, 0.25) is 5.91 Å². The van der Waals surface area contributed by atoms with Crippen molar-refractivity contribution in [1.82, 2.24) is 9.80 Å². The molecule has 0 radical (unpaired) electrons. The first kappa shape index (κ1) is 23.2. The van der Waals surface area contributed by atoms with Crippen molar-refractivity contribution in [1.29, 1.82) is 0 Å². The molecule has 0 bridgehead atoms. The first-order valence-corrected chi connectivity index (χ1v) is 12.0. The lowest BCUT2D eigenvalue weighted by atomic mass is 9.92. The van der Waals surface area contributed by atoms with Crippen LogP contribution in [0, 0.1) is 12.7 Å². The van der Waals surface area contributed by atoms with Crippen LogP contribution in [0.5, 0.6) is 0 Å². The molecule has 6 heteroatoms. The van der Waals surface area contributed by atoms with Crippen LogP contribution in [0.1, 0.15) is 58.7 Å². The van der Waals surface area contributed by atoms with Crippen molar-refractivity contribution in [2.24, 2.45) is 0 Å². The van der Waals surface area contributed by atoms with Crippen LogP contribution < -0.4 is 0 Å². The molecule has 4 nitrogen and oxygen atoms in total. The monoisotopic (exact) mass is 464 g/mol. The number of hydrogen-bond donors (Lipinski definition) is 0.